The van der Waals surface area contributed by atoms with Crippen LogP contribution >= 0.6 is 11.6 Å². The van der Waals surface area contributed by atoms with Crippen LogP contribution in [-0.2, 0) is 29.4 Å². The number of benzene rings is 3. The van der Waals surface area contributed by atoms with Crippen LogP contribution in [0, 0.1) is 29.6 Å². The first-order chi connectivity index (χ1) is 25.1. The van der Waals surface area contributed by atoms with Crippen molar-refractivity contribution in [2.75, 3.05) is 18.6 Å². The summed E-state index contributed by atoms with van der Waals surface area (Å²) in [4.78, 5) is 71.5. The fraction of sp³-hybridized carbons (Fsp3) is 0.341. The van der Waals surface area contributed by atoms with Gasteiger partial charge in [-0.25, -0.2) is 4.90 Å². The zero-order valence-electron chi connectivity index (χ0n) is 28.6. The van der Waals surface area contributed by atoms with E-state index in [9.17, 15) is 24.3 Å². The van der Waals surface area contributed by atoms with Crippen molar-refractivity contribution in [1.29, 1.82) is 0 Å². The maximum atomic E-state index is 15.2. The second kappa shape index (κ2) is 14.1. The monoisotopic (exact) mass is 722 g/mol. The van der Waals surface area contributed by atoms with E-state index in [1.165, 1.54) is 23.0 Å². The quantitative estimate of drug-likeness (QED) is 0.132. The minimum Gasteiger partial charge on any atom is -0.504 e. The van der Waals surface area contributed by atoms with E-state index in [2.05, 4.69) is 0 Å². The van der Waals surface area contributed by atoms with E-state index >= 15 is 4.79 Å². The van der Waals surface area contributed by atoms with Crippen LogP contribution in [0.25, 0.3) is 6.08 Å². The number of carbonyl (C=O) groups is 5. The number of carboxylic acid groups (broad SMARTS) is 1. The number of hydrogen-bond donors (Lipinski definition) is 2. The van der Waals surface area contributed by atoms with Crippen LogP contribution in [0.15, 0.2) is 90.5 Å². The summed E-state index contributed by atoms with van der Waals surface area (Å²) in [5, 5.41) is 19.6. The SMILES string of the molecule is COc1cc(C=C[C@H]2C3=CC[C@@H]4C(=O)N(CCCCCC(=O)O)C(=O)[C@@H]4[C@@H]3C[C@H]3C(=O)N(c4cccc(Cl)c4)C(=O)[C@@]23c2ccccc2)ccc1O. The number of imide groups is 2. The van der Waals surface area contributed by atoms with E-state index in [1.54, 1.807) is 36.4 Å². The van der Waals surface area contributed by atoms with Crippen molar-refractivity contribution in [2.45, 2.75) is 43.9 Å². The Hall–Kier alpha value is -5.22. The molecule has 268 valence electrons. The summed E-state index contributed by atoms with van der Waals surface area (Å²) in [6, 6.07) is 20.8. The van der Waals surface area contributed by atoms with Crippen molar-refractivity contribution in [3.8, 4) is 11.5 Å². The largest absolute Gasteiger partial charge is 0.504 e. The summed E-state index contributed by atoms with van der Waals surface area (Å²) < 4.78 is 5.35. The molecule has 2 aliphatic heterocycles. The Kier molecular flexibility index (Phi) is 9.52. The standard InChI is InChI=1S/C41H39ClN2O8/c1-52-34-21-24(15-19-33(34)45)14-18-31-28-16-17-29-36(39(50)43(37(29)48)20-7-3-6-13-35(46)47)30(28)23-32-38(49)44(27-12-8-11-26(42)22-27)40(51)41(31,32)25-9-4-2-5-10-25/h2,4-5,8-12,14-16,18-19,21-22,29-32,36,45H,3,6-7,13,17,20,23H2,1H3,(H,46,47)/t29-,30+,31-,32-,36-,41-/m0/s1. The number of ether oxygens (including phenoxy) is 1. The summed E-state index contributed by atoms with van der Waals surface area (Å²) in [5.74, 6) is -5.31. The lowest BCUT2D eigenvalue weighted by molar-refractivity contribution is -0.141. The Labute approximate surface area is 306 Å². The van der Waals surface area contributed by atoms with Crippen molar-refractivity contribution in [1.82, 2.24) is 4.90 Å². The number of rotatable bonds is 11. The van der Waals surface area contributed by atoms with Crippen LogP contribution in [0.2, 0.25) is 5.02 Å². The van der Waals surface area contributed by atoms with Crippen LogP contribution in [0.1, 0.15) is 49.7 Å². The maximum Gasteiger partial charge on any atom is 0.303 e. The summed E-state index contributed by atoms with van der Waals surface area (Å²) in [6.45, 7) is 0.204. The zero-order valence-corrected chi connectivity index (χ0v) is 29.4. The van der Waals surface area contributed by atoms with E-state index in [1.807, 2.05) is 48.6 Å². The smallest absolute Gasteiger partial charge is 0.303 e. The van der Waals surface area contributed by atoms with Gasteiger partial charge in [-0.3, -0.25) is 28.9 Å². The van der Waals surface area contributed by atoms with E-state index in [4.69, 9.17) is 21.4 Å². The molecule has 2 aliphatic carbocycles. The van der Waals surface area contributed by atoms with Crippen LogP contribution < -0.4 is 9.64 Å². The van der Waals surface area contributed by atoms with E-state index in [0.29, 0.717) is 47.5 Å². The highest BCUT2D eigenvalue weighted by Crippen LogP contribution is 2.62. The lowest BCUT2D eigenvalue weighted by atomic mass is 9.50. The lowest BCUT2D eigenvalue weighted by Gasteiger charge is -2.49. The van der Waals surface area contributed by atoms with Crippen LogP contribution in [0.5, 0.6) is 11.5 Å². The van der Waals surface area contributed by atoms with Gasteiger partial charge in [0, 0.05) is 23.9 Å². The summed E-state index contributed by atoms with van der Waals surface area (Å²) in [5.41, 5.74) is 1.16. The molecule has 4 aliphatic rings. The second-order valence-electron chi connectivity index (χ2n) is 14.0. The molecule has 10 nitrogen and oxygen atoms in total. The predicted molar refractivity (Wildman–Crippen MR) is 193 cm³/mol. The number of carboxylic acids is 1. The third-order valence-corrected chi connectivity index (χ3v) is 11.5. The normalized spacial score (nSPS) is 26.7. The first kappa shape index (κ1) is 35.2. The summed E-state index contributed by atoms with van der Waals surface area (Å²) >= 11 is 6.38. The Morgan fingerprint density at radius 1 is 0.942 bits per heavy atom. The molecular formula is C41H39ClN2O8. The number of anilines is 1. The fourth-order valence-electron chi connectivity index (χ4n) is 9.00. The Bertz CT molecular complexity index is 2010. The highest BCUT2D eigenvalue weighted by Gasteiger charge is 2.69. The highest BCUT2D eigenvalue weighted by atomic mass is 35.5. The molecule has 0 aromatic heterocycles. The number of methoxy groups -OCH3 is 1. The van der Waals surface area contributed by atoms with E-state index in [0.717, 1.165) is 5.57 Å². The molecule has 4 amide bonds. The molecule has 0 bridgehead atoms. The van der Waals surface area contributed by atoms with Gasteiger partial charge in [0.2, 0.25) is 23.6 Å². The third-order valence-electron chi connectivity index (χ3n) is 11.3. The molecular weight excluding hydrogens is 684 g/mol. The van der Waals surface area contributed by atoms with Crippen LogP contribution in [0.4, 0.5) is 5.69 Å². The number of unbranched alkanes of at least 4 members (excludes halogenated alkanes) is 2. The number of aromatic hydroxyl groups is 1. The number of phenolic OH excluding ortho intramolecular Hbond substituents is 1. The Morgan fingerprint density at radius 2 is 1.73 bits per heavy atom. The molecule has 1 saturated carbocycles. The van der Waals surface area contributed by atoms with Crippen molar-refractivity contribution < 1.29 is 38.9 Å². The maximum absolute atomic E-state index is 15.2. The van der Waals surface area contributed by atoms with Crippen molar-refractivity contribution in [2.24, 2.45) is 29.6 Å². The number of fused-ring (bicyclic) bond motifs is 4. The number of halogens is 1. The van der Waals surface area contributed by atoms with Gasteiger partial charge in [-0.05, 0) is 73.1 Å². The topological polar surface area (TPSA) is 142 Å². The average Bonchev–Trinajstić information content (AvgIpc) is 3.52. The molecule has 2 N–H and O–H groups in total. The predicted octanol–water partition coefficient (Wildman–Crippen LogP) is 6.41. The van der Waals surface area contributed by atoms with Crippen molar-refractivity contribution in [3.63, 3.8) is 0 Å². The molecule has 3 aromatic rings. The van der Waals surface area contributed by atoms with Crippen LogP contribution in [-0.4, -0.2) is 58.4 Å². The first-order valence-corrected chi connectivity index (χ1v) is 18.0. The zero-order chi connectivity index (χ0) is 36.7. The second-order valence-corrected chi connectivity index (χ2v) is 14.4. The number of aliphatic carboxylic acids is 1. The Morgan fingerprint density at radius 3 is 2.46 bits per heavy atom. The van der Waals surface area contributed by atoms with Gasteiger partial charge in [-0.1, -0.05) is 84.3 Å². The van der Waals surface area contributed by atoms with Gasteiger partial charge in [-0.15, -0.1) is 0 Å². The number of hydrogen-bond acceptors (Lipinski definition) is 7. The number of allylic oxidation sites excluding steroid dienone is 3. The molecule has 0 spiro atoms. The highest BCUT2D eigenvalue weighted by molar-refractivity contribution is 6.32. The third kappa shape index (κ3) is 5.79. The van der Waals surface area contributed by atoms with Gasteiger partial charge < -0.3 is 14.9 Å². The molecule has 52 heavy (non-hydrogen) atoms. The van der Waals surface area contributed by atoms with Gasteiger partial charge in [0.15, 0.2) is 11.5 Å². The van der Waals surface area contributed by atoms with E-state index < -0.39 is 52.8 Å². The molecule has 2 saturated heterocycles. The average molecular weight is 723 g/mol. The number of carbonyl (C=O) groups excluding carboxylic acids is 4. The van der Waals surface area contributed by atoms with Gasteiger partial charge in [-0.2, -0.15) is 0 Å². The lowest BCUT2D eigenvalue weighted by Crippen LogP contribution is -2.54. The summed E-state index contributed by atoms with van der Waals surface area (Å²) in [7, 11) is 1.46. The van der Waals surface area contributed by atoms with Crippen molar-refractivity contribution in [3.05, 3.63) is 107 Å². The summed E-state index contributed by atoms with van der Waals surface area (Å²) in [6.07, 6.45) is 7.80. The number of phenols is 1. The number of likely N-dealkylation sites (tertiary alicyclic amines) is 1. The molecule has 3 aromatic carbocycles. The van der Waals surface area contributed by atoms with Crippen LogP contribution in [0.3, 0.4) is 0 Å². The first-order valence-electron chi connectivity index (χ1n) is 17.6. The number of amides is 4. The molecule has 0 radical (unpaired) electrons. The van der Waals surface area contributed by atoms with Gasteiger partial charge in [0.05, 0.1) is 36.0 Å². The number of nitrogens with zero attached hydrogens (tertiary/aromatic N) is 2. The minimum absolute atomic E-state index is 0.0242. The van der Waals surface area contributed by atoms with Gasteiger partial charge in [0.1, 0.15) is 0 Å². The molecule has 6 atom stereocenters. The molecule has 3 fully saturated rings. The van der Waals surface area contributed by atoms with Gasteiger partial charge in [0.25, 0.3) is 0 Å². The Balaban J connectivity index is 1.34. The molecule has 2 heterocycles. The molecule has 7 rings (SSSR count). The fourth-order valence-corrected chi connectivity index (χ4v) is 9.19. The molecule has 0 unspecified atom stereocenters. The molecule has 11 heteroatoms. The van der Waals surface area contributed by atoms with Crippen molar-refractivity contribution >= 4 is 53.0 Å². The van der Waals surface area contributed by atoms with E-state index in [-0.39, 0.29) is 42.7 Å². The minimum atomic E-state index is -1.39. The van der Waals surface area contributed by atoms with Gasteiger partial charge >= 0.3 is 5.97 Å².